The molecule has 0 aliphatic heterocycles. The third-order valence-electron chi connectivity index (χ3n) is 1.85. The topological polar surface area (TPSA) is 115 Å². The molecule has 0 aliphatic carbocycles. The summed E-state index contributed by atoms with van der Waals surface area (Å²) in [5.41, 5.74) is 0. The molecular formula is C7H17AsO6S. The average Bonchev–Trinajstić information content (AvgIpc) is 2.01. The fourth-order valence-electron chi connectivity index (χ4n) is 1.37. The van der Waals surface area contributed by atoms with Gasteiger partial charge >= 0.3 is 93.8 Å². The Hall–Kier alpha value is 0.348. The normalized spacial score (nSPS) is 16.7. The molecule has 0 radical (unpaired) electrons. The molecule has 0 bridgehead atoms. The van der Waals surface area contributed by atoms with Gasteiger partial charge in [-0.3, -0.25) is 0 Å². The summed E-state index contributed by atoms with van der Waals surface area (Å²) < 4.78 is 29.8. The summed E-state index contributed by atoms with van der Waals surface area (Å²) in [6, 6.07) is 0. The van der Waals surface area contributed by atoms with Crippen molar-refractivity contribution in [1.82, 2.24) is 0 Å². The second kappa shape index (κ2) is 6.83. The van der Waals surface area contributed by atoms with Gasteiger partial charge in [0.2, 0.25) is 0 Å². The van der Waals surface area contributed by atoms with Gasteiger partial charge in [0.1, 0.15) is 0 Å². The Morgan fingerprint density at radius 1 is 1.20 bits per heavy atom. The zero-order valence-corrected chi connectivity index (χ0v) is 11.1. The zero-order chi connectivity index (χ0) is 12.1. The van der Waals surface area contributed by atoms with Gasteiger partial charge in [-0.25, -0.2) is 0 Å². The first-order valence-electron chi connectivity index (χ1n) is 4.44. The number of aliphatic hydroxyl groups is 3. The Balaban J connectivity index is 4.84. The van der Waals surface area contributed by atoms with Crippen LogP contribution in [0.25, 0.3) is 0 Å². The van der Waals surface area contributed by atoms with E-state index in [2.05, 4.69) is 0 Å². The van der Waals surface area contributed by atoms with E-state index in [9.17, 15) is 13.5 Å². The summed E-state index contributed by atoms with van der Waals surface area (Å²) in [5.74, 6) is 0. The Kier molecular flexibility index (Phi) is 6.99. The van der Waals surface area contributed by atoms with Crippen LogP contribution < -0.4 is 0 Å². The number of hydrogen-bond donors (Lipinski definition) is 4. The minimum atomic E-state index is -4.32. The Labute approximate surface area is 93.9 Å². The van der Waals surface area contributed by atoms with E-state index in [-0.39, 0.29) is 23.6 Å². The molecule has 0 aromatic carbocycles. The molecule has 15 heavy (non-hydrogen) atoms. The molecule has 92 valence electrons. The predicted molar refractivity (Wildman–Crippen MR) is 56.6 cm³/mol. The average molecular weight is 304 g/mol. The molecule has 6 nitrogen and oxygen atoms in total. The molecule has 0 aromatic rings. The van der Waals surface area contributed by atoms with Crippen molar-refractivity contribution in [2.24, 2.45) is 0 Å². The molecule has 8 heteroatoms. The van der Waals surface area contributed by atoms with Crippen molar-refractivity contribution in [1.29, 1.82) is 0 Å². The third kappa shape index (κ3) is 5.28. The first-order valence-corrected chi connectivity index (χ1v) is 9.68. The zero-order valence-electron chi connectivity index (χ0n) is 8.44. The Morgan fingerprint density at radius 2 is 1.60 bits per heavy atom. The van der Waals surface area contributed by atoms with Crippen LogP contribution in [0.2, 0.25) is 10.4 Å². The number of aliphatic hydroxyl groups excluding tert-OH is 3. The van der Waals surface area contributed by atoms with E-state index < -0.39 is 34.9 Å². The van der Waals surface area contributed by atoms with Crippen LogP contribution in [-0.4, -0.2) is 66.3 Å². The number of hydrogen-bond acceptors (Lipinski definition) is 5. The van der Waals surface area contributed by atoms with Crippen molar-refractivity contribution in [3.63, 3.8) is 0 Å². The molecule has 0 amide bonds. The van der Waals surface area contributed by atoms with Crippen molar-refractivity contribution < 1.29 is 28.3 Å². The Morgan fingerprint density at radius 3 is 1.80 bits per heavy atom. The second-order valence-electron chi connectivity index (χ2n) is 3.13. The van der Waals surface area contributed by atoms with Gasteiger partial charge in [0.25, 0.3) is 0 Å². The van der Waals surface area contributed by atoms with Crippen LogP contribution in [0.1, 0.15) is 6.92 Å². The number of rotatable bonds is 7. The molecular weight excluding hydrogens is 287 g/mol. The predicted octanol–water partition coefficient (Wildman–Crippen LogP) is -1.36. The SMILES string of the molecule is CC(O)C([As](CCO)CCO)S(=O)(=O)O. The van der Waals surface area contributed by atoms with E-state index in [1.165, 1.54) is 6.92 Å². The first-order chi connectivity index (χ1) is 6.84. The van der Waals surface area contributed by atoms with Gasteiger partial charge in [0.05, 0.1) is 0 Å². The van der Waals surface area contributed by atoms with E-state index in [1.54, 1.807) is 0 Å². The van der Waals surface area contributed by atoms with Gasteiger partial charge in [0.15, 0.2) is 0 Å². The molecule has 0 rings (SSSR count). The summed E-state index contributed by atoms with van der Waals surface area (Å²) in [6.07, 6.45) is -1.18. The molecule has 0 saturated carbocycles. The molecule has 4 N–H and O–H groups in total. The monoisotopic (exact) mass is 304 g/mol. The molecule has 2 atom stereocenters. The molecule has 0 saturated heterocycles. The molecule has 2 unspecified atom stereocenters. The fourth-order valence-corrected chi connectivity index (χ4v) is 9.60. The summed E-state index contributed by atoms with van der Waals surface area (Å²) in [7, 11) is -4.32. The van der Waals surface area contributed by atoms with E-state index in [0.717, 1.165) is 0 Å². The summed E-state index contributed by atoms with van der Waals surface area (Å²) in [4.78, 5) is 0. The standard InChI is InChI=1S/C7H17AsO6S/c1-6(11)7(15(12,13)14)8(2-4-9)3-5-10/h6-7,9-11H,2-5H2,1H3,(H,12,13,14). The van der Waals surface area contributed by atoms with E-state index >= 15 is 0 Å². The van der Waals surface area contributed by atoms with Gasteiger partial charge in [0, 0.05) is 0 Å². The molecule has 0 aliphatic rings. The van der Waals surface area contributed by atoms with Crippen molar-refractivity contribution in [2.75, 3.05) is 13.2 Å². The van der Waals surface area contributed by atoms with Crippen LogP contribution in [0.3, 0.4) is 0 Å². The van der Waals surface area contributed by atoms with Gasteiger partial charge in [-0.1, -0.05) is 0 Å². The van der Waals surface area contributed by atoms with Crippen LogP contribution in [0.15, 0.2) is 0 Å². The van der Waals surface area contributed by atoms with Crippen molar-refractivity contribution in [3.05, 3.63) is 0 Å². The van der Waals surface area contributed by atoms with Crippen LogP contribution >= 0.6 is 0 Å². The van der Waals surface area contributed by atoms with Gasteiger partial charge < -0.3 is 0 Å². The molecule has 0 heterocycles. The van der Waals surface area contributed by atoms with Gasteiger partial charge in [-0.05, 0) is 0 Å². The first kappa shape index (κ1) is 15.3. The van der Waals surface area contributed by atoms with Crippen molar-refractivity contribution >= 4 is 24.8 Å². The van der Waals surface area contributed by atoms with Crippen molar-refractivity contribution in [2.45, 2.75) is 27.5 Å². The molecule has 0 fully saturated rings. The van der Waals surface area contributed by atoms with E-state index in [1.807, 2.05) is 0 Å². The Bertz CT molecular complexity index is 259. The van der Waals surface area contributed by atoms with Crippen molar-refractivity contribution in [3.8, 4) is 0 Å². The summed E-state index contributed by atoms with van der Waals surface area (Å²) in [5, 5.41) is 27.3. The minimum absolute atomic E-state index is 0.196. The fraction of sp³-hybridized carbons (Fsp3) is 1.00. The van der Waals surface area contributed by atoms with Gasteiger partial charge in [-0.15, -0.1) is 0 Å². The molecule has 0 aromatic heterocycles. The quantitative estimate of drug-likeness (QED) is 0.341. The second-order valence-corrected chi connectivity index (χ2v) is 10.9. The van der Waals surface area contributed by atoms with Gasteiger partial charge in [-0.2, -0.15) is 0 Å². The van der Waals surface area contributed by atoms with Crippen LogP contribution in [-0.2, 0) is 10.1 Å². The van der Waals surface area contributed by atoms with E-state index in [0.29, 0.717) is 0 Å². The van der Waals surface area contributed by atoms with E-state index in [4.69, 9.17) is 14.8 Å². The third-order valence-corrected chi connectivity index (χ3v) is 11.7. The summed E-state index contributed by atoms with van der Waals surface area (Å²) >= 11 is -2.19. The maximum absolute atomic E-state index is 11.0. The summed E-state index contributed by atoms with van der Waals surface area (Å²) in [6.45, 7) is 0.895. The van der Waals surface area contributed by atoms with Crippen LogP contribution in [0.4, 0.5) is 0 Å². The maximum atomic E-state index is 11.0. The van der Waals surface area contributed by atoms with Crippen LogP contribution in [0.5, 0.6) is 0 Å². The van der Waals surface area contributed by atoms with Crippen LogP contribution in [0, 0.1) is 0 Å². The molecule has 0 spiro atoms.